The van der Waals surface area contributed by atoms with Crippen molar-refractivity contribution in [3.05, 3.63) is 54.2 Å². The molecule has 0 aliphatic carbocycles. The van der Waals surface area contributed by atoms with E-state index in [1.807, 2.05) is 30.5 Å². The maximum atomic E-state index is 11.1. The summed E-state index contributed by atoms with van der Waals surface area (Å²) in [6, 6.07) is 12.7. The van der Waals surface area contributed by atoms with Gasteiger partial charge in [0.2, 0.25) is 0 Å². The molecular formula is C16H13NO3. The van der Waals surface area contributed by atoms with Gasteiger partial charge >= 0.3 is 5.97 Å². The number of rotatable bonds is 3. The van der Waals surface area contributed by atoms with E-state index < -0.39 is 5.97 Å². The Kier molecular flexibility index (Phi) is 2.91. The third-order valence-corrected chi connectivity index (χ3v) is 3.33. The normalized spacial score (nSPS) is 10.7. The van der Waals surface area contributed by atoms with Gasteiger partial charge in [0.1, 0.15) is 5.75 Å². The third kappa shape index (κ3) is 1.91. The molecule has 2 aromatic carbocycles. The fourth-order valence-corrected chi connectivity index (χ4v) is 2.35. The summed E-state index contributed by atoms with van der Waals surface area (Å²) >= 11 is 0. The van der Waals surface area contributed by atoms with Crippen LogP contribution in [-0.4, -0.2) is 23.2 Å². The van der Waals surface area contributed by atoms with Crippen molar-refractivity contribution in [3.63, 3.8) is 0 Å². The van der Waals surface area contributed by atoms with Crippen LogP contribution in [0.5, 0.6) is 5.75 Å². The molecule has 0 saturated heterocycles. The first-order valence-electron chi connectivity index (χ1n) is 6.18. The highest BCUT2D eigenvalue weighted by Gasteiger charge is 2.13. The first-order chi connectivity index (χ1) is 9.70. The lowest BCUT2D eigenvalue weighted by atomic mass is 10.0. The molecule has 4 heteroatoms. The Morgan fingerprint density at radius 1 is 1.15 bits per heavy atom. The number of methoxy groups -OCH3 is 1. The molecule has 2 N–H and O–H groups in total. The lowest BCUT2D eigenvalue weighted by Crippen LogP contribution is -1.97. The highest BCUT2D eigenvalue weighted by Crippen LogP contribution is 2.35. The molecule has 0 amide bonds. The number of fused-ring (bicyclic) bond motifs is 1. The standard InChI is InChI=1S/C16H13NO3/c1-20-15-7-6-10(16(18)19)8-12(15)13-9-17-14-5-3-2-4-11(13)14/h2-9,17H,1H3,(H,18,19). The molecule has 3 rings (SSSR count). The van der Waals surface area contributed by atoms with Gasteiger partial charge in [0.25, 0.3) is 0 Å². The van der Waals surface area contributed by atoms with Crippen LogP contribution in [0.4, 0.5) is 0 Å². The van der Waals surface area contributed by atoms with Crippen molar-refractivity contribution >= 4 is 16.9 Å². The number of hydrogen-bond acceptors (Lipinski definition) is 2. The second kappa shape index (κ2) is 4.74. The molecule has 0 atom stereocenters. The summed E-state index contributed by atoms with van der Waals surface area (Å²) < 4.78 is 5.35. The largest absolute Gasteiger partial charge is 0.496 e. The van der Waals surface area contributed by atoms with Crippen molar-refractivity contribution in [1.82, 2.24) is 4.98 Å². The Bertz CT molecular complexity index is 789. The minimum Gasteiger partial charge on any atom is -0.496 e. The van der Waals surface area contributed by atoms with Gasteiger partial charge in [-0.05, 0) is 24.3 Å². The molecule has 0 aliphatic rings. The van der Waals surface area contributed by atoms with E-state index in [1.54, 1.807) is 25.3 Å². The smallest absolute Gasteiger partial charge is 0.335 e. The number of benzene rings is 2. The molecule has 0 aliphatic heterocycles. The molecule has 0 unspecified atom stereocenters. The van der Waals surface area contributed by atoms with Crippen LogP contribution in [0.2, 0.25) is 0 Å². The monoisotopic (exact) mass is 267 g/mol. The number of nitrogens with one attached hydrogen (secondary N) is 1. The Morgan fingerprint density at radius 3 is 2.70 bits per heavy atom. The van der Waals surface area contributed by atoms with E-state index in [-0.39, 0.29) is 5.56 Å². The SMILES string of the molecule is COc1ccc(C(=O)O)cc1-c1c[nH]c2ccccc12. The quantitative estimate of drug-likeness (QED) is 0.763. The highest BCUT2D eigenvalue weighted by molar-refractivity contribution is 5.99. The molecule has 0 radical (unpaired) electrons. The zero-order valence-corrected chi connectivity index (χ0v) is 10.9. The van der Waals surface area contributed by atoms with Crippen LogP contribution in [0, 0.1) is 0 Å². The minimum atomic E-state index is -0.950. The Morgan fingerprint density at radius 2 is 1.95 bits per heavy atom. The Labute approximate surface area is 115 Å². The zero-order valence-electron chi connectivity index (χ0n) is 10.9. The molecule has 3 aromatic rings. The molecule has 1 aromatic heterocycles. The van der Waals surface area contributed by atoms with Crippen molar-refractivity contribution in [2.45, 2.75) is 0 Å². The molecule has 4 nitrogen and oxygen atoms in total. The molecule has 0 fully saturated rings. The molecular weight excluding hydrogens is 254 g/mol. The second-order valence-corrected chi connectivity index (χ2v) is 4.47. The van der Waals surface area contributed by atoms with Gasteiger partial charge in [0, 0.05) is 28.2 Å². The first-order valence-corrected chi connectivity index (χ1v) is 6.18. The van der Waals surface area contributed by atoms with Crippen LogP contribution >= 0.6 is 0 Å². The van der Waals surface area contributed by atoms with E-state index in [0.717, 1.165) is 22.0 Å². The molecule has 0 spiro atoms. The number of para-hydroxylation sites is 1. The van der Waals surface area contributed by atoms with Gasteiger partial charge in [0.05, 0.1) is 12.7 Å². The van der Waals surface area contributed by atoms with Gasteiger partial charge in [-0.2, -0.15) is 0 Å². The zero-order chi connectivity index (χ0) is 14.1. The molecule has 0 saturated carbocycles. The van der Waals surface area contributed by atoms with E-state index in [9.17, 15) is 4.79 Å². The number of aromatic amines is 1. The first kappa shape index (κ1) is 12.3. The van der Waals surface area contributed by atoms with Crippen molar-refractivity contribution in [2.75, 3.05) is 7.11 Å². The van der Waals surface area contributed by atoms with Gasteiger partial charge in [-0.15, -0.1) is 0 Å². The minimum absolute atomic E-state index is 0.242. The van der Waals surface area contributed by atoms with E-state index in [2.05, 4.69) is 4.98 Å². The van der Waals surface area contributed by atoms with E-state index in [0.29, 0.717) is 5.75 Å². The summed E-state index contributed by atoms with van der Waals surface area (Å²) in [6.45, 7) is 0. The fourth-order valence-electron chi connectivity index (χ4n) is 2.35. The number of aromatic nitrogens is 1. The van der Waals surface area contributed by atoms with Crippen molar-refractivity contribution in [3.8, 4) is 16.9 Å². The van der Waals surface area contributed by atoms with Crippen molar-refractivity contribution < 1.29 is 14.6 Å². The van der Waals surface area contributed by atoms with E-state index in [1.165, 1.54) is 0 Å². The summed E-state index contributed by atoms with van der Waals surface area (Å²) in [7, 11) is 1.58. The Hall–Kier alpha value is -2.75. The number of aromatic carboxylic acids is 1. The topological polar surface area (TPSA) is 62.3 Å². The van der Waals surface area contributed by atoms with Crippen LogP contribution in [0.25, 0.3) is 22.0 Å². The summed E-state index contributed by atoms with van der Waals surface area (Å²) in [4.78, 5) is 14.3. The maximum absolute atomic E-state index is 11.1. The lowest BCUT2D eigenvalue weighted by Gasteiger charge is -2.08. The van der Waals surface area contributed by atoms with Crippen molar-refractivity contribution in [1.29, 1.82) is 0 Å². The maximum Gasteiger partial charge on any atom is 0.335 e. The van der Waals surface area contributed by atoms with Gasteiger partial charge in [0.15, 0.2) is 0 Å². The van der Waals surface area contributed by atoms with Crippen LogP contribution in [0.1, 0.15) is 10.4 Å². The molecule has 20 heavy (non-hydrogen) atoms. The van der Waals surface area contributed by atoms with Crippen LogP contribution < -0.4 is 4.74 Å². The summed E-state index contributed by atoms with van der Waals surface area (Å²) in [5.74, 6) is -0.298. The number of hydrogen-bond donors (Lipinski definition) is 2. The predicted molar refractivity (Wildman–Crippen MR) is 77.2 cm³/mol. The summed E-state index contributed by atoms with van der Waals surface area (Å²) in [6.07, 6.45) is 1.87. The highest BCUT2D eigenvalue weighted by atomic mass is 16.5. The van der Waals surface area contributed by atoms with Gasteiger partial charge < -0.3 is 14.8 Å². The summed E-state index contributed by atoms with van der Waals surface area (Å²) in [5, 5.41) is 10.2. The van der Waals surface area contributed by atoms with Crippen LogP contribution in [-0.2, 0) is 0 Å². The number of H-pyrrole nitrogens is 1. The van der Waals surface area contributed by atoms with Crippen LogP contribution in [0.15, 0.2) is 48.7 Å². The predicted octanol–water partition coefficient (Wildman–Crippen LogP) is 3.54. The number of ether oxygens (including phenoxy) is 1. The number of carboxylic acids is 1. The summed E-state index contributed by atoms with van der Waals surface area (Å²) in [5.41, 5.74) is 2.95. The van der Waals surface area contributed by atoms with Gasteiger partial charge in [-0.25, -0.2) is 4.79 Å². The van der Waals surface area contributed by atoms with E-state index >= 15 is 0 Å². The lowest BCUT2D eigenvalue weighted by molar-refractivity contribution is 0.0697. The average molecular weight is 267 g/mol. The molecule has 1 heterocycles. The van der Waals surface area contributed by atoms with Crippen molar-refractivity contribution in [2.24, 2.45) is 0 Å². The van der Waals surface area contributed by atoms with Gasteiger partial charge in [-0.1, -0.05) is 18.2 Å². The molecule has 100 valence electrons. The van der Waals surface area contributed by atoms with Gasteiger partial charge in [-0.3, -0.25) is 0 Å². The van der Waals surface area contributed by atoms with Crippen LogP contribution in [0.3, 0.4) is 0 Å². The van der Waals surface area contributed by atoms with E-state index in [4.69, 9.17) is 9.84 Å². The third-order valence-electron chi connectivity index (χ3n) is 3.33. The molecule has 0 bridgehead atoms. The second-order valence-electron chi connectivity index (χ2n) is 4.47. The Balaban J connectivity index is 2.27. The number of carbonyl (C=O) groups is 1. The number of carboxylic acid groups (broad SMARTS) is 1. The average Bonchev–Trinajstić information content (AvgIpc) is 2.90. The fraction of sp³-hybridized carbons (Fsp3) is 0.0625.